The van der Waals surface area contributed by atoms with Crippen LogP contribution >= 0.6 is 27.5 Å². The number of benzene rings is 2. The van der Waals surface area contributed by atoms with Crippen LogP contribution in [-0.4, -0.2) is 13.2 Å². The van der Waals surface area contributed by atoms with Crippen molar-refractivity contribution in [3.63, 3.8) is 0 Å². The third-order valence-electron chi connectivity index (χ3n) is 3.85. The zero-order valence-corrected chi connectivity index (χ0v) is 14.3. The maximum Gasteiger partial charge on any atom is 0.162 e. The molecule has 1 heterocycles. The Balaban J connectivity index is 2.05. The van der Waals surface area contributed by atoms with Crippen molar-refractivity contribution in [3.05, 3.63) is 57.6 Å². The molecule has 0 amide bonds. The van der Waals surface area contributed by atoms with E-state index in [0.717, 1.165) is 17.1 Å². The number of rotatable bonds is 2. The molecule has 4 heteroatoms. The number of hydrogen-bond donors (Lipinski definition) is 0. The molecular weight excluding hydrogens is 352 g/mol. The Hall–Kier alpha value is -1.19. The second kappa shape index (κ2) is 5.90. The van der Waals surface area contributed by atoms with Crippen molar-refractivity contribution in [1.29, 1.82) is 0 Å². The first-order chi connectivity index (χ1) is 10.1. The Morgan fingerprint density at radius 3 is 2.43 bits per heavy atom. The van der Waals surface area contributed by atoms with E-state index in [0.29, 0.717) is 18.2 Å². The molecular formula is C17H16BrClO2. The van der Waals surface area contributed by atoms with Crippen molar-refractivity contribution in [2.24, 2.45) is 0 Å². The van der Waals surface area contributed by atoms with Crippen molar-refractivity contribution in [2.45, 2.75) is 18.7 Å². The summed E-state index contributed by atoms with van der Waals surface area (Å²) in [5.41, 5.74) is 4.75. The lowest BCUT2D eigenvalue weighted by Crippen LogP contribution is -2.15. The summed E-state index contributed by atoms with van der Waals surface area (Å²) in [6.07, 6.45) is 0. The van der Waals surface area contributed by atoms with Gasteiger partial charge in [-0.15, -0.1) is 0 Å². The molecule has 0 bridgehead atoms. The number of alkyl halides is 1. The smallest absolute Gasteiger partial charge is 0.162 e. The lowest BCUT2D eigenvalue weighted by atomic mass is 9.97. The SMILES string of the molecule is Cc1cccc(C(Br)c2cc3c(cc2Cl)OCCO3)c1C. The predicted molar refractivity (Wildman–Crippen MR) is 89.1 cm³/mol. The van der Waals surface area contributed by atoms with Gasteiger partial charge in [-0.2, -0.15) is 0 Å². The Morgan fingerprint density at radius 1 is 1.05 bits per heavy atom. The van der Waals surface area contributed by atoms with Gasteiger partial charge in [0, 0.05) is 11.1 Å². The van der Waals surface area contributed by atoms with E-state index >= 15 is 0 Å². The fourth-order valence-electron chi connectivity index (χ4n) is 2.49. The molecule has 0 fully saturated rings. The highest BCUT2D eigenvalue weighted by atomic mass is 79.9. The highest BCUT2D eigenvalue weighted by molar-refractivity contribution is 9.09. The summed E-state index contributed by atoms with van der Waals surface area (Å²) in [4.78, 5) is 0.0285. The third kappa shape index (κ3) is 2.77. The van der Waals surface area contributed by atoms with Crippen LogP contribution < -0.4 is 9.47 Å². The molecule has 0 aliphatic carbocycles. The second-order valence-corrected chi connectivity index (χ2v) is 6.49. The molecule has 2 aromatic rings. The van der Waals surface area contributed by atoms with Crippen LogP contribution in [0.15, 0.2) is 30.3 Å². The molecule has 0 radical (unpaired) electrons. The summed E-state index contributed by atoms with van der Waals surface area (Å²) in [7, 11) is 0. The normalized spacial score (nSPS) is 14.9. The van der Waals surface area contributed by atoms with Gasteiger partial charge in [-0.3, -0.25) is 0 Å². The van der Waals surface area contributed by atoms with Gasteiger partial charge in [-0.05, 0) is 42.2 Å². The molecule has 3 rings (SSSR count). The first kappa shape index (κ1) is 14.7. The number of fused-ring (bicyclic) bond motifs is 1. The fourth-order valence-corrected chi connectivity index (χ4v) is 3.76. The average Bonchev–Trinajstić information content (AvgIpc) is 2.48. The number of ether oxygens (including phenoxy) is 2. The van der Waals surface area contributed by atoms with Crippen LogP contribution in [0.3, 0.4) is 0 Å². The number of hydrogen-bond acceptors (Lipinski definition) is 2. The molecule has 1 atom stereocenters. The molecule has 2 nitrogen and oxygen atoms in total. The van der Waals surface area contributed by atoms with E-state index in [2.05, 4.69) is 48.0 Å². The van der Waals surface area contributed by atoms with Crippen molar-refractivity contribution in [2.75, 3.05) is 13.2 Å². The monoisotopic (exact) mass is 366 g/mol. The lowest BCUT2D eigenvalue weighted by molar-refractivity contribution is 0.171. The Labute approximate surface area is 138 Å². The Kier molecular flexibility index (Phi) is 4.14. The maximum absolute atomic E-state index is 6.43. The zero-order valence-electron chi connectivity index (χ0n) is 12.0. The van der Waals surface area contributed by atoms with Crippen molar-refractivity contribution in [1.82, 2.24) is 0 Å². The fraction of sp³-hybridized carbons (Fsp3) is 0.294. The van der Waals surface area contributed by atoms with E-state index in [-0.39, 0.29) is 4.83 Å². The zero-order chi connectivity index (χ0) is 15.0. The van der Waals surface area contributed by atoms with E-state index in [1.54, 1.807) is 0 Å². The summed E-state index contributed by atoms with van der Waals surface area (Å²) in [5.74, 6) is 1.48. The molecule has 0 saturated carbocycles. The van der Waals surface area contributed by atoms with Crippen molar-refractivity contribution < 1.29 is 9.47 Å². The summed E-state index contributed by atoms with van der Waals surface area (Å²) < 4.78 is 11.2. The van der Waals surface area contributed by atoms with E-state index in [1.807, 2.05) is 12.1 Å². The summed E-state index contributed by atoms with van der Waals surface area (Å²) >= 11 is 10.2. The summed E-state index contributed by atoms with van der Waals surface area (Å²) in [6, 6.07) is 10.1. The molecule has 21 heavy (non-hydrogen) atoms. The molecule has 0 aromatic heterocycles. The molecule has 2 aromatic carbocycles. The number of halogens is 2. The summed E-state index contributed by atoms with van der Waals surface area (Å²) in [6.45, 7) is 5.39. The van der Waals surface area contributed by atoms with Crippen molar-refractivity contribution in [3.8, 4) is 11.5 Å². The van der Waals surface area contributed by atoms with Crippen LogP contribution in [0.4, 0.5) is 0 Å². The van der Waals surface area contributed by atoms with Gasteiger partial charge in [-0.1, -0.05) is 45.7 Å². The van der Waals surface area contributed by atoms with Gasteiger partial charge < -0.3 is 9.47 Å². The highest BCUT2D eigenvalue weighted by Crippen LogP contribution is 2.43. The van der Waals surface area contributed by atoms with Crippen LogP contribution in [0.2, 0.25) is 5.02 Å². The van der Waals surface area contributed by atoms with Crippen LogP contribution in [0, 0.1) is 13.8 Å². The van der Waals surface area contributed by atoms with Crippen LogP contribution in [0.5, 0.6) is 11.5 Å². The first-order valence-electron chi connectivity index (χ1n) is 6.87. The maximum atomic E-state index is 6.43. The first-order valence-corrected chi connectivity index (χ1v) is 8.16. The van der Waals surface area contributed by atoms with Gasteiger partial charge in [0.05, 0.1) is 4.83 Å². The highest BCUT2D eigenvalue weighted by Gasteiger charge is 2.21. The van der Waals surface area contributed by atoms with E-state index in [4.69, 9.17) is 21.1 Å². The van der Waals surface area contributed by atoms with Gasteiger partial charge >= 0.3 is 0 Å². The van der Waals surface area contributed by atoms with Gasteiger partial charge in [-0.25, -0.2) is 0 Å². The second-order valence-electron chi connectivity index (χ2n) is 5.17. The summed E-state index contributed by atoms with van der Waals surface area (Å²) in [5, 5.41) is 0.682. The van der Waals surface area contributed by atoms with Gasteiger partial charge in [0.15, 0.2) is 11.5 Å². The van der Waals surface area contributed by atoms with Crippen LogP contribution in [-0.2, 0) is 0 Å². The molecule has 1 aliphatic rings. The predicted octanol–water partition coefficient (Wildman–Crippen LogP) is 5.21. The third-order valence-corrected chi connectivity index (χ3v) is 5.17. The standard InChI is InChI=1S/C17H16BrClO2/c1-10-4-3-5-12(11(10)2)17(18)13-8-15-16(9-14(13)19)21-7-6-20-15/h3-5,8-9,17H,6-7H2,1-2H3. The molecule has 1 unspecified atom stereocenters. The quantitative estimate of drug-likeness (QED) is 0.678. The molecule has 0 N–H and O–H groups in total. The van der Waals surface area contributed by atoms with E-state index in [1.165, 1.54) is 16.7 Å². The van der Waals surface area contributed by atoms with Gasteiger partial charge in [0.1, 0.15) is 13.2 Å². The topological polar surface area (TPSA) is 18.5 Å². The average molecular weight is 368 g/mol. The Morgan fingerprint density at radius 2 is 1.71 bits per heavy atom. The van der Waals surface area contributed by atoms with Crippen LogP contribution in [0.1, 0.15) is 27.1 Å². The minimum absolute atomic E-state index is 0.0285. The van der Waals surface area contributed by atoms with E-state index < -0.39 is 0 Å². The largest absolute Gasteiger partial charge is 0.486 e. The molecule has 110 valence electrons. The van der Waals surface area contributed by atoms with Crippen LogP contribution in [0.25, 0.3) is 0 Å². The molecule has 1 aliphatic heterocycles. The molecule has 0 saturated heterocycles. The minimum atomic E-state index is 0.0285. The van der Waals surface area contributed by atoms with Gasteiger partial charge in [0.25, 0.3) is 0 Å². The minimum Gasteiger partial charge on any atom is -0.486 e. The molecule has 0 spiro atoms. The lowest BCUT2D eigenvalue weighted by Gasteiger charge is -2.22. The van der Waals surface area contributed by atoms with E-state index in [9.17, 15) is 0 Å². The Bertz CT molecular complexity index is 685. The number of aryl methyl sites for hydroxylation is 1. The van der Waals surface area contributed by atoms with Crippen molar-refractivity contribution >= 4 is 27.5 Å². The van der Waals surface area contributed by atoms with Gasteiger partial charge in [0.2, 0.25) is 0 Å².